The SMILES string of the molecule is Cc1nc(C)c(C(C)N(C)C(=O)CCc2c(C)nn(C)c2C)s1. The lowest BCUT2D eigenvalue weighted by Crippen LogP contribution is -2.29. The van der Waals surface area contributed by atoms with Crippen molar-refractivity contribution in [3.05, 3.63) is 32.5 Å². The number of carbonyl (C=O) groups excluding carboxylic acids is 1. The molecule has 6 heteroatoms. The second-order valence-electron chi connectivity index (χ2n) is 6.14. The molecule has 1 amide bonds. The molecule has 2 heterocycles. The molecule has 0 radical (unpaired) electrons. The van der Waals surface area contributed by atoms with Gasteiger partial charge in [0.1, 0.15) is 0 Å². The van der Waals surface area contributed by atoms with E-state index in [-0.39, 0.29) is 11.9 Å². The summed E-state index contributed by atoms with van der Waals surface area (Å²) in [5.74, 6) is 0.158. The zero-order valence-electron chi connectivity index (χ0n) is 15.1. The van der Waals surface area contributed by atoms with Crippen LogP contribution in [0.5, 0.6) is 0 Å². The molecule has 0 fully saturated rings. The van der Waals surface area contributed by atoms with Gasteiger partial charge in [0, 0.05) is 31.1 Å². The number of nitrogens with zero attached hydrogens (tertiary/aromatic N) is 4. The first-order valence-electron chi connectivity index (χ1n) is 7.91. The maximum Gasteiger partial charge on any atom is 0.223 e. The number of rotatable bonds is 5. The molecule has 0 N–H and O–H groups in total. The number of amides is 1. The van der Waals surface area contributed by atoms with Crippen molar-refractivity contribution in [2.45, 2.75) is 53.5 Å². The highest BCUT2D eigenvalue weighted by Crippen LogP contribution is 2.28. The monoisotopic (exact) mass is 334 g/mol. The standard InChI is InChI=1S/C17H26N4OS/c1-10-15(12(3)21(7)19-10)8-9-16(22)20(6)13(4)17-11(2)18-14(5)23-17/h13H,8-9H2,1-7H3. The quantitative estimate of drug-likeness (QED) is 0.843. The molecule has 2 rings (SSSR count). The molecule has 0 aliphatic carbocycles. The minimum absolute atomic E-state index is 0.0600. The van der Waals surface area contributed by atoms with Crippen LogP contribution in [0.2, 0.25) is 0 Å². The first kappa shape index (κ1) is 17.7. The largest absolute Gasteiger partial charge is 0.338 e. The molecule has 5 nitrogen and oxygen atoms in total. The normalized spacial score (nSPS) is 12.5. The smallest absolute Gasteiger partial charge is 0.223 e. The zero-order valence-corrected chi connectivity index (χ0v) is 15.9. The molecule has 0 aromatic carbocycles. The summed E-state index contributed by atoms with van der Waals surface area (Å²) < 4.78 is 1.88. The average molecular weight is 334 g/mol. The Bertz CT molecular complexity index is 716. The summed E-state index contributed by atoms with van der Waals surface area (Å²) in [6.45, 7) is 10.1. The highest BCUT2D eigenvalue weighted by atomic mass is 32.1. The van der Waals surface area contributed by atoms with Crippen molar-refractivity contribution < 1.29 is 4.79 Å². The van der Waals surface area contributed by atoms with Crippen molar-refractivity contribution in [3.63, 3.8) is 0 Å². The second-order valence-corrected chi connectivity index (χ2v) is 7.37. The lowest BCUT2D eigenvalue weighted by Gasteiger charge is -2.24. The van der Waals surface area contributed by atoms with Crippen LogP contribution in [0.1, 0.15) is 51.9 Å². The molecule has 23 heavy (non-hydrogen) atoms. The summed E-state index contributed by atoms with van der Waals surface area (Å²) in [6.07, 6.45) is 1.24. The Labute approximate surface area is 142 Å². The fourth-order valence-electron chi connectivity index (χ4n) is 2.91. The lowest BCUT2D eigenvalue weighted by molar-refractivity contribution is -0.131. The summed E-state index contributed by atoms with van der Waals surface area (Å²) in [5, 5.41) is 5.46. The van der Waals surface area contributed by atoms with Gasteiger partial charge >= 0.3 is 0 Å². The topological polar surface area (TPSA) is 51.0 Å². The third-order valence-corrected chi connectivity index (χ3v) is 5.78. The van der Waals surface area contributed by atoms with E-state index in [1.165, 1.54) is 10.4 Å². The van der Waals surface area contributed by atoms with Gasteiger partial charge in [-0.2, -0.15) is 5.10 Å². The van der Waals surface area contributed by atoms with Gasteiger partial charge in [-0.25, -0.2) is 4.98 Å². The van der Waals surface area contributed by atoms with Crippen LogP contribution in [0.4, 0.5) is 0 Å². The van der Waals surface area contributed by atoms with E-state index < -0.39 is 0 Å². The lowest BCUT2D eigenvalue weighted by atomic mass is 10.1. The Morgan fingerprint density at radius 3 is 2.39 bits per heavy atom. The molecule has 0 saturated heterocycles. The Morgan fingerprint density at radius 2 is 1.91 bits per heavy atom. The minimum atomic E-state index is 0.0600. The predicted molar refractivity (Wildman–Crippen MR) is 93.8 cm³/mol. The molecule has 1 atom stereocenters. The first-order chi connectivity index (χ1) is 10.7. The third kappa shape index (κ3) is 3.63. The van der Waals surface area contributed by atoms with Crippen LogP contribution in [-0.2, 0) is 18.3 Å². The van der Waals surface area contributed by atoms with E-state index >= 15 is 0 Å². The van der Waals surface area contributed by atoms with Crippen molar-refractivity contribution in [2.75, 3.05) is 7.05 Å². The first-order valence-corrected chi connectivity index (χ1v) is 8.72. The minimum Gasteiger partial charge on any atom is -0.338 e. The molecule has 2 aromatic heterocycles. The highest BCUT2D eigenvalue weighted by Gasteiger charge is 2.22. The molecule has 0 saturated carbocycles. The molecule has 1 unspecified atom stereocenters. The van der Waals surface area contributed by atoms with E-state index in [1.807, 2.05) is 44.4 Å². The fourth-order valence-corrected chi connectivity index (χ4v) is 3.94. The second kappa shape index (κ2) is 6.83. The van der Waals surface area contributed by atoms with E-state index in [9.17, 15) is 4.79 Å². The summed E-state index contributed by atoms with van der Waals surface area (Å²) in [6, 6.07) is 0.0600. The van der Waals surface area contributed by atoms with Crippen LogP contribution in [-0.4, -0.2) is 32.6 Å². The van der Waals surface area contributed by atoms with E-state index in [1.54, 1.807) is 11.3 Å². The van der Waals surface area contributed by atoms with Crippen LogP contribution in [0.25, 0.3) is 0 Å². The summed E-state index contributed by atoms with van der Waals surface area (Å²) in [4.78, 5) is 20.0. The highest BCUT2D eigenvalue weighted by molar-refractivity contribution is 7.11. The summed E-state index contributed by atoms with van der Waals surface area (Å²) >= 11 is 1.67. The van der Waals surface area contributed by atoms with E-state index in [4.69, 9.17) is 0 Å². The molecular weight excluding hydrogens is 308 g/mol. The van der Waals surface area contributed by atoms with Gasteiger partial charge in [-0.15, -0.1) is 11.3 Å². The number of thiazole rings is 1. The van der Waals surface area contributed by atoms with Crippen molar-refractivity contribution in [3.8, 4) is 0 Å². The van der Waals surface area contributed by atoms with Crippen LogP contribution in [0.3, 0.4) is 0 Å². The van der Waals surface area contributed by atoms with Crippen LogP contribution in [0.15, 0.2) is 0 Å². The Hall–Kier alpha value is -1.69. The molecule has 126 valence electrons. The van der Waals surface area contributed by atoms with Crippen LogP contribution in [0, 0.1) is 27.7 Å². The van der Waals surface area contributed by atoms with Gasteiger partial charge in [-0.1, -0.05) is 0 Å². The van der Waals surface area contributed by atoms with E-state index in [0.717, 1.165) is 28.5 Å². The van der Waals surface area contributed by atoms with Crippen molar-refractivity contribution in [1.82, 2.24) is 19.7 Å². The van der Waals surface area contributed by atoms with Crippen molar-refractivity contribution >= 4 is 17.2 Å². The number of aryl methyl sites for hydroxylation is 4. The van der Waals surface area contributed by atoms with Gasteiger partial charge in [0.25, 0.3) is 0 Å². The number of aromatic nitrogens is 3. The van der Waals surface area contributed by atoms with Crippen molar-refractivity contribution in [2.24, 2.45) is 7.05 Å². The maximum absolute atomic E-state index is 12.6. The van der Waals surface area contributed by atoms with Gasteiger partial charge in [0.2, 0.25) is 5.91 Å². The Morgan fingerprint density at radius 1 is 1.26 bits per heavy atom. The summed E-state index contributed by atoms with van der Waals surface area (Å²) in [7, 11) is 3.82. The van der Waals surface area contributed by atoms with E-state index in [2.05, 4.69) is 23.9 Å². The summed E-state index contributed by atoms with van der Waals surface area (Å²) in [5.41, 5.74) is 4.37. The molecular formula is C17H26N4OS. The van der Waals surface area contributed by atoms with Crippen LogP contribution < -0.4 is 0 Å². The van der Waals surface area contributed by atoms with Gasteiger partial charge in [-0.3, -0.25) is 9.48 Å². The van der Waals surface area contributed by atoms with Gasteiger partial charge < -0.3 is 4.90 Å². The average Bonchev–Trinajstić information content (AvgIpc) is 2.94. The van der Waals surface area contributed by atoms with Gasteiger partial charge in [-0.05, 0) is 46.6 Å². The number of carbonyl (C=O) groups is 1. The van der Waals surface area contributed by atoms with Crippen molar-refractivity contribution in [1.29, 1.82) is 0 Å². The molecule has 0 spiro atoms. The molecule has 2 aromatic rings. The number of hydrogen-bond acceptors (Lipinski definition) is 4. The Kier molecular flexibility index (Phi) is 5.24. The maximum atomic E-state index is 12.6. The van der Waals surface area contributed by atoms with E-state index in [0.29, 0.717) is 6.42 Å². The third-order valence-electron chi connectivity index (χ3n) is 4.54. The molecule has 0 aliphatic rings. The molecule has 0 aliphatic heterocycles. The van der Waals surface area contributed by atoms with Gasteiger partial charge in [0.05, 0.1) is 22.4 Å². The zero-order chi connectivity index (χ0) is 17.3. The molecule has 0 bridgehead atoms. The number of hydrogen-bond donors (Lipinski definition) is 0. The predicted octanol–water partition coefficient (Wildman–Crippen LogP) is 3.26. The van der Waals surface area contributed by atoms with Gasteiger partial charge in [0.15, 0.2) is 0 Å². The Balaban J connectivity index is 2.04. The fraction of sp³-hybridized carbons (Fsp3) is 0.588. The van der Waals surface area contributed by atoms with Crippen LogP contribution >= 0.6 is 11.3 Å².